The van der Waals surface area contributed by atoms with Crippen molar-refractivity contribution in [3.63, 3.8) is 0 Å². The Balaban J connectivity index is 1.56. The average Bonchev–Trinajstić information content (AvgIpc) is 3.33. The van der Waals surface area contributed by atoms with Crippen LogP contribution in [-0.2, 0) is 17.7 Å². The van der Waals surface area contributed by atoms with Crippen molar-refractivity contribution in [2.45, 2.75) is 96.2 Å². The number of hydrogen-bond acceptors (Lipinski definition) is 6. The van der Waals surface area contributed by atoms with E-state index in [4.69, 9.17) is 4.74 Å². The lowest BCUT2D eigenvalue weighted by Crippen LogP contribution is -2.53. The lowest BCUT2D eigenvalue weighted by Gasteiger charge is -2.46. The highest BCUT2D eigenvalue weighted by Gasteiger charge is 2.57. The van der Waals surface area contributed by atoms with Crippen LogP contribution < -0.4 is 4.74 Å². The first-order chi connectivity index (χ1) is 24.5. The maximum absolute atomic E-state index is 14.3. The molecule has 1 saturated carbocycles. The van der Waals surface area contributed by atoms with Crippen LogP contribution in [0.25, 0.3) is 0 Å². The summed E-state index contributed by atoms with van der Waals surface area (Å²) in [6.07, 6.45) is -1.17. The van der Waals surface area contributed by atoms with Gasteiger partial charge in [-0.05, 0) is 118 Å². The van der Waals surface area contributed by atoms with Crippen molar-refractivity contribution in [2.75, 3.05) is 13.2 Å². The van der Waals surface area contributed by atoms with E-state index in [2.05, 4.69) is 10.8 Å². The topological polar surface area (TPSA) is 96.3 Å². The van der Waals surface area contributed by atoms with Crippen LogP contribution >= 0.6 is 0 Å². The van der Waals surface area contributed by atoms with Gasteiger partial charge in [-0.1, -0.05) is 42.8 Å². The van der Waals surface area contributed by atoms with Gasteiger partial charge in [0.1, 0.15) is 5.75 Å². The van der Waals surface area contributed by atoms with Crippen molar-refractivity contribution in [3.05, 3.63) is 112 Å². The zero-order chi connectivity index (χ0) is 37.8. The number of aliphatic hydroxyl groups is 2. The summed E-state index contributed by atoms with van der Waals surface area (Å²) in [6, 6.07) is 13.4. The largest absolute Gasteiger partial charge is 0.573 e. The lowest BCUT2D eigenvalue weighted by atomic mass is 9.64. The highest BCUT2D eigenvalue weighted by atomic mass is 19.4. The number of alkyl halides is 3. The second kappa shape index (κ2) is 15.8. The molecule has 3 aromatic rings. The molecule has 1 amide bonds. The molecule has 0 radical (unpaired) electrons. The van der Waals surface area contributed by atoms with E-state index in [1.807, 2.05) is 26.0 Å². The number of carbonyl (C=O) groups is 2. The molecule has 3 aromatic carbocycles. The molecule has 0 saturated heterocycles. The van der Waals surface area contributed by atoms with E-state index in [1.165, 1.54) is 23.1 Å². The van der Waals surface area contributed by atoms with Crippen LogP contribution in [-0.4, -0.2) is 58.2 Å². The summed E-state index contributed by atoms with van der Waals surface area (Å²) in [4.78, 5) is 28.8. The van der Waals surface area contributed by atoms with E-state index in [-0.39, 0.29) is 43.7 Å². The second-order valence-corrected chi connectivity index (χ2v) is 14.2. The van der Waals surface area contributed by atoms with Crippen molar-refractivity contribution in [3.8, 4) is 5.75 Å². The summed E-state index contributed by atoms with van der Waals surface area (Å²) >= 11 is 0. The molecule has 4 atom stereocenters. The van der Waals surface area contributed by atoms with Crippen LogP contribution in [0.4, 0.5) is 26.7 Å². The van der Waals surface area contributed by atoms with Gasteiger partial charge in [-0.3, -0.25) is 4.79 Å². The molecule has 0 spiro atoms. The molecular formula is C40H44F5NO6. The van der Waals surface area contributed by atoms with E-state index in [9.17, 15) is 41.8 Å². The van der Waals surface area contributed by atoms with Crippen molar-refractivity contribution >= 4 is 11.9 Å². The Labute approximate surface area is 300 Å². The van der Waals surface area contributed by atoms with Gasteiger partial charge < -0.3 is 24.6 Å². The van der Waals surface area contributed by atoms with Gasteiger partial charge >= 0.3 is 12.5 Å². The first kappa shape index (κ1) is 38.9. The van der Waals surface area contributed by atoms with Crippen molar-refractivity contribution in [1.29, 1.82) is 0 Å². The lowest BCUT2D eigenvalue weighted by molar-refractivity contribution is -0.274. The Morgan fingerprint density at radius 3 is 2.38 bits per heavy atom. The third-order valence-corrected chi connectivity index (χ3v) is 10.6. The van der Waals surface area contributed by atoms with E-state index < -0.39 is 58.7 Å². The summed E-state index contributed by atoms with van der Waals surface area (Å²) in [5.74, 6) is -3.63. The number of carbonyl (C=O) groups excluding carboxylic acids is 2. The molecule has 52 heavy (non-hydrogen) atoms. The normalized spacial score (nSPS) is 23.7. The monoisotopic (exact) mass is 729 g/mol. The Morgan fingerprint density at radius 2 is 1.71 bits per heavy atom. The van der Waals surface area contributed by atoms with Gasteiger partial charge in [-0.15, -0.1) is 13.2 Å². The van der Waals surface area contributed by atoms with Crippen molar-refractivity contribution < 1.29 is 51.2 Å². The van der Waals surface area contributed by atoms with Gasteiger partial charge in [0.2, 0.25) is 0 Å². The third kappa shape index (κ3) is 8.83. The Kier molecular flexibility index (Phi) is 11.8. The number of rotatable bonds is 8. The number of aliphatic hydroxyl groups excluding tert-OH is 1. The highest BCUT2D eigenvalue weighted by Crippen LogP contribution is 2.59. The van der Waals surface area contributed by atoms with Crippen LogP contribution in [0.15, 0.2) is 72.3 Å². The van der Waals surface area contributed by atoms with Crippen LogP contribution in [0.5, 0.6) is 5.75 Å². The number of nitrogens with zero attached hydrogens (tertiary/aromatic N) is 1. The molecule has 3 aliphatic rings. The molecule has 0 heterocycles. The van der Waals surface area contributed by atoms with Crippen LogP contribution in [0.3, 0.4) is 0 Å². The van der Waals surface area contributed by atoms with Crippen LogP contribution in [0.1, 0.15) is 97.8 Å². The Morgan fingerprint density at radius 1 is 0.981 bits per heavy atom. The maximum atomic E-state index is 14.3. The minimum absolute atomic E-state index is 0.0482. The number of hydrogen-bond donors (Lipinski definition) is 2. The van der Waals surface area contributed by atoms with E-state index >= 15 is 0 Å². The summed E-state index contributed by atoms with van der Waals surface area (Å²) in [7, 11) is 0. The summed E-state index contributed by atoms with van der Waals surface area (Å²) in [5.41, 5.74) is 0.575. The van der Waals surface area contributed by atoms with Gasteiger partial charge in [0.25, 0.3) is 0 Å². The number of ether oxygens (including phenoxy) is 2. The predicted molar refractivity (Wildman–Crippen MR) is 184 cm³/mol. The molecule has 0 aromatic heterocycles. The van der Waals surface area contributed by atoms with Crippen LogP contribution in [0.2, 0.25) is 0 Å². The number of amides is 1. The molecule has 12 heteroatoms. The average molecular weight is 730 g/mol. The number of ketones is 1. The van der Waals surface area contributed by atoms with Gasteiger partial charge in [0.05, 0.1) is 24.9 Å². The number of allylic oxidation sites excluding steroid dienone is 2. The fourth-order valence-electron chi connectivity index (χ4n) is 7.72. The molecule has 0 unspecified atom stereocenters. The summed E-state index contributed by atoms with van der Waals surface area (Å²) in [6.45, 7) is 5.34. The van der Waals surface area contributed by atoms with Crippen LogP contribution in [0, 0.1) is 17.0 Å². The van der Waals surface area contributed by atoms with Gasteiger partial charge in [-0.25, -0.2) is 13.6 Å². The van der Waals surface area contributed by atoms with E-state index in [1.54, 1.807) is 13.0 Å². The molecule has 2 N–H and O–H groups in total. The summed E-state index contributed by atoms with van der Waals surface area (Å²) in [5, 5.41) is 23.6. The van der Waals surface area contributed by atoms with Crippen molar-refractivity contribution in [1.82, 2.24) is 4.90 Å². The SMILES string of the molecule is CCOC(=O)N(Cc1ccc(OC(F)(F)F)cc1)C[C@]1(O)CC[C@H]2c3ccc(cc3C(=O)c3ccc(F)c(F)c3)C[C@@H](O)CCC(C)=CCC[C@@]21C. The minimum atomic E-state index is -4.86. The molecule has 6 rings (SSSR count). The quantitative estimate of drug-likeness (QED) is 0.137. The van der Waals surface area contributed by atoms with Gasteiger partial charge in [0, 0.05) is 23.1 Å². The molecule has 3 aliphatic carbocycles. The Hall–Kier alpha value is -4.29. The van der Waals surface area contributed by atoms with E-state index in [0.29, 0.717) is 48.8 Å². The second-order valence-electron chi connectivity index (χ2n) is 14.2. The zero-order valence-electron chi connectivity index (χ0n) is 29.4. The molecular weight excluding hydrogens is 685 g/mol. The first-order valence-electron chi connectivity index (χ1n) is 17.5. The highest BCUT2D eigenvalue weighted by molar-refractivity contribution is 6.10. The predicted octanol–water partition coefficient (Wildman–Crippen LogP) is 8.79. The van der Waals surface area contributed by atoms with Gasteiger partial charge in [-0.2, -0.15) is 0 Å². The molecule has 2 bridgehead atoms. The fraction of sp³-hybridized carbons (Fsp3) is 0.450. The number of halogens is 5. The smallest absolute Gasteiger partial charge is 0.450 e. The molecule has 0 aliphatic heterocycles. The molecule has 280 valence electrons. The Bertz CT molecular complexity index is 1790. The van der Waals surface area contributed by atoms with E-state index in [0.717, 1.165) is 29.8 Å². The zero-order valence-corrected chi connectivity index (χ0v) is 29.4. The fourth-order valence-corrected chi connectivity index (χ4v) is 7.72. The standard InChI is InChI=1S/C40H44F5NO6/c1-4-51-37(49)46(23-26-8-13-30(14-9-26)52-40(43,44)45)24-39(50)19-17-33-31-15-10-27(20-29(47)12-7-25(2)6-5-18-38(33,39)3)21-32(31)36(48)28-11-16-34(41)35(42)22-28/h6,8-11,13-16,21-22,29,33,47,50H,4-5,7,12,17-20,23-24H2,1-3H3/t29-,33-,38-,39+/m0/s1. The molecule has 1 fully saturated rings. The van der Waals surface area contributed by atoms with Crippen molar-refractivity contribution in [2.24, 2.45) is 5.41 Å². The number of fused-ring (bicyclic) bond motifs is 8. The first-order valence-corrected chi connectivity index (χ1v) is 17.5. The summed E-state index contributed by atoms with van der Waals surface area (Å²) < 4.78 is 75.8. The molecule has 7 nitrogen and oxygen atoms in total. The third-order valence-electron chi connectivity index (χ3n) is 10.6. The minimum Gasteiger partial charge on any atom is -0.450 e. The maximum Gasteiger partial charge on any atom is 0.573 e. The van der Waals surface area contributed by atoms with Gasteiger partial charge in [0.15, 0.2) is 17.4 Å². The number of benzene rings is 3.